The first-order valence-electron chi connectivity index (χ1n) is 3.05. The molecule has 0 fully saturated rings. The Labute approximate surface area is 89.3 Å². The van der Waals surface area contributed by atoms with Crippen molar-refractivity contribution in [2.45, 2.75) is 6.92 Å². The summed E-state index contributed by atoms with van der Waals surface area (Å²) in [6.45, 7) is 1.73. The monoisotopic (exact) mass is 174 g/mol. The van der Waals surface area contributed by atoms with E-state index in [9.17, 15) is 4.79 Å². The molecule has 0 amide bonds. The third-order valence-electron chi connectivity index (χ3n) is 1.31. The van der Waals surface area contributed by atoms with Crippen LogP contribution in [0.5, 0.6) is 0 Å². The summed E-state index contributed by atoms with van der Waals surface area (Å²) < 4.78 is 1.17. The summed E-state index contributed by atoms with van der Waals surface area (Å²) in [6, 6.07) is 1.41. The summed E-state index contributed by atoms with van der Waals surface area (Å²) in [5.41, 5.74) is 0.446. The van der Waals surface area contributed by atoms with Crippen LogP contribution in [-0.2, 0) is 0 Å². The van der Waals surface area contributed by atoms with Crippen molar-refractivity contribution in [1.82, 2.24) is 25.0 Å². The van der Waals surface area contributed by atoms with Gasteiger partial charge in [0.2, 0.25) is 0 Å². The summed E-state index contributed by atoms with van der Waals surface area (Å²) in [7, 11) is 0. The maximum Gasteiger partial charge on any atom is 0.275 e. The number of aromatic nitrogens is 5. The maximum atomic E-state index is 11.1. The van der Waals surface area contributed by atoms with E-state index in [4.69, 9.17) is 0 Å². The Morgan fingerprint density at radius 2 is 2.33 bits per heavy atom. The van der Waals surface area contributed by atoms with Crippen molar-refractivity contribution in [1.29, 1.82) is 0 Å². The van der Waals surface area contributed by atoms with Gasteiger partial charge in [-0.25, -0.2) is 4.98 Å². The van der Waals surface area contributed by atoms with E-state index in [1.165, 1.54) is 10.6 Å². The molecule has 0 spiro atoms. The largest absolute Gasteiger partial charge is 0.275 e. The van der Waals surface area contributed by atoms with E-state index in [-0.39, 0.29) is 35.1 Å². The second kappa shape index (κ2) is 3.34. The van der Waals surface area contributed by atoms with E-state index in [1.54, 1.807) is 6.92 Å². The average Bonchev–Trinajstić information content (AvgIpc) is 2.34. The molecule has 7 heteroatoms. The smallest absolute Gasteiger partial charge is 0.267 e. The standard InChI is InChI=1S/C5H5N5O.Na/c1-3-2-4(11)10-5(6-3)7-8-9-10;/h2H,1H3,(H,6,7,9);. The number of hydrogen-bond donors (Lipinski definition) is 1. The van der Waals surface area contributed by atoms with Crippen LogP contribution in [-0.4, -0.2) is 54.6 Å². The van der Waals surface area contributed by atoms with Crippen LogP contribution in [0.15, 0.2) is 10.9 Å². The Kier molecular flexibility index (Phi) is 2.61. The molecule has 2 aromatic heterocycles. The minimum atomic E-state index is -0.197. The molecule has 1 N–H and O–H groups in total. The van der Waals surface area contributed by atoms with Crippen LogP contribution in [0.3, 0.4) is 0 Å². The van der Waals surface area contributed by atoms with Crippen molar-refractivity contribution < 1.29 is 0 Å². The number of H-pyrrole nitrogens is 1. The van der Waals surface area contributed by atoms with Gasteiger partial charge in [-0.15, -0.1) is 0 Å². The number of hydrogen-bond acceptors (Lipinski definition) is 4. The fourth-order valence-corrected chi connectivity index (χ4v) is 0.855. The van der Waals surface area contributed by atoms with Gasteiger partial charge in [-0.05, 0) is 12.1 Å². The molecule has 0 atom stereocenters. The zero-order valence-electron chi connectivity index (χ0n) is 6.77. The molecule has 0 bridgehead atoms. The van der Waals surface area contributed by atoms with Crippen molar-refractivity contribution in [3.63, 3.8) is 0 Å². The predicted octanol–water partition coefficient (Wildman–Crippen LogP) is -1.26. The van der Waals surface area contributed by atoms with E-state index in [0.29, 0.717) is 11.5 Å². The van der Waals surface area contributed by atoms with Crippen LogP contribution in [0.25, 0.3) is 5.78 Å². The second-order valence-corrected chi connectivity index (χ2v) is 2.17. The van der Waals surface area contributed by atoms with Crippen LogP contribution < -0.4 is 5.56 Å². The molecule has 0 aliphatic carbocycles. The van der Waals surface area contributed by atoms with Gasteiger partial charge in [0.25, 0.3) is 11.3 Å². The Hall–Kier alpha value is -0.720. The Bertz CT molecular complexity index is 446. The number of tetrazole rings is 1. The van der Waals surface area contributed by atoms with E-state index in [0.717, 1.165) is 0 Å². The summed E-state index contributed by atoms with van der Waals surface area (Å²) >= 11 is 0. The van der Waals surface area contributed by atoms with Crippen LogP contribution in [0.2, 0.25) is 0 Å². The molecule has 2 heterocycles. The molecule has 57 valence electrons. The number of fused-ring (bicyclic) bond motifs is 1. The molecular weight excluding hydrogens is 169 g/mol. The zero-order valence-corrected chi connectivity index (χ0v) is 8.77. The summed E-state index contributed by atoms with van der Waals surface area (Å²) in [5.74, 6) is 0.301. The van der Waals surface area contributed by atoms with Gasteiger partial charge < -0.3 is 0 Å². The molecule has 0 aromatic carbocycles. The van der Waals surface area contributed by atoms with Crippen molar-refractivity contribution in [2.75, 3.05) is 0 Å². The van der Waals surface area contributed by atoms with Crippen molar-refractivity contribution in [3.05, 3.63) is 22.1 Å². The zero-order chi connectivity index (χ0) is 7.84. The first-order chi connectivity index (χ1) is 5.27. The fraction of sp³-hybridized carbons (Fsp3) is 0.200. The van der Waals surface area contributed by atoms with Crippen LogP contribution in [0.1, 0.15) is 5.69 Å². The van der Waals surface area contributed by atoms with Crippen molar-refractivity contribution >= 4 is 35.3 Å². The van der Waals surface area contributed by atoms with Crippen LogP contribution >= 0.6 is 0 Å². The number of nitrogens with zero attached hydrogens (tertiary/aromatic N) is 4. The van der Waals surface area contributed by atoms with Gasteiger partial charge >= 0.3 is 0 Å². The normalized spacial score (nSPS) is 9.75. The SMILES string of the molecule is Cc1cc(=O)n2[nH]nnc2n1.[Na]. The van der Waals surface area contributed by atoms with Gasteiger partial charge in [-0.2, -0.15) is 9.73 Å². The molecule has 12 heavy (non-hydrogen) atoms. The summed E-state index contributed by atoms with van der Waals surface area (Å²) in [6.07, 6.45) is 0. The topological polar surface area (TPSA) is 75.9 Å². The molecule has 6 nitrogen and oxygen atoms in total. The van der Waals surface area contributed by atoms with Crippen LogP contribution in [0, 0.1) is 6.92 Å². The first-order valence-corrected chi connectivity index (χ1v) is 3.05. The van der Waals surface area contributed by atoms with Gasteiger partial charge in [-0.3, -0.25) is 4.79 Å². The Morgan fingerprint density at radius 3 is 3.08 bits per heavy atom. The molecule has 0 aliphatic rings. The fourth-order valence-electron chi connectivity index (χ4n) is 0.855. The van der Waals surface area contributed by atoms with Crippen molar-refractivity contribution in [3.8, 4) is 0 Å². The minimum Gasteiger partial charge on any atom is -0.267 e. The predicted molar refractivity (Wildman–Crippen MR) is 41.9 cm³/mol. The summed E-state index contributed by atoms with van der Waals surface area (Å²) in [5, 5.41) is 9.41. The molecule has 0 saturated carbocycles. The number of nitrogens with one attached hydrogen (secondary N) is 1. The maximum absolute atomic E-state index is 11.1. The average molecular weight is 174 g/mol. The van der Waals surface area contributed by atoms with Gasteiger partial charge in [0.05, 0.1) is 0 Å². The Balaban J connectivity index is 0.000000720. The molecule has 1 radical (unpaired) electrons. The Morgan fingerprint density at radius 1 is 1.58 bits per heavy atom. The molecule has 0 unspecified atom stereocenters. The third kappa shape index (κ3) is 1.40. The molecule has 0 aliphatic heterocycles. The summed E-state index contributed by atoms with van der Waals surface area (Å²) in [4.78, 5) is 15.0. The van der Waals surface area contributed by atoms with Crippen molar-refractivity contribution in [2.24, 2.45) is 0 Å². The van der Waals surface area contributed by atoms with E-state index in [2.05, 4.69) is 20.5 Å². The molecule has 2 aromatic rings. The second-order valence-electron chi connectivity index (χ2n) is 2.17. The third-order valence-corrected chi connectivity index (χ3v) is 1.31. The number of rotatable bonds is 0. The number of aryl methyl sites for hydroxylation is 1. The van der Waals surface area contributed by atoms with Gasteiger partial charge in [0.15, 0.2) is 0 Å². The number of aromatic amines is 1. The molecular formula is C5H5N5NaO. The van der Waals surface area contributed by atoms with Crippen LogP contribution in [0.4, 0.5) is 0 Å². The minimum absolute atomic E-state index is 0. The van der Waals surface area contributed by atoms with E-state index < -0.39 is 0 Å². The van der Waals surface area contributed by atoms with Gasteiger partial charge in [-0.1, -0.05) is 5.10 Å². The van der Waals surface area contributed by atoms with Gasteiger partial charge in [0.1, 0.15) is 0 Å². The van der Waals surface area contributed by atoms with Gasteiger partial charge in [0, 0.05) is 41.3 Å². The molecule has 2 rings (SSSR count). The van der Waals surface area contributed by atoms with E-state index in [1.807, 2.05) is 0 Å². The molecule has 0 saturated heterocycles. The first kappa shape index (κ1) is 9.37. The quantitative estimate of drug-likeness (QED) is 0.506. The van der Waals surface area contributed by atoms with E-state index >= 15 is 0 Å².